The molecular formula is C10H15NO2. The Labute approximate surface area is 77.8 Å². The SMILES string of the molecule is CC1=NOC2(O)CC3C(C12)C3(C)C. The van der Waals surface area contributed by atoms with Gasteiger partial charge in [0.05, 0.1) is 11.6 Å². The molecule has 2 aliphatic carbocycles. The van der Waals surface area contributed by atoms with E-state index in [2.05, 4.69) is 19.0 Å². The maximum atomic E-state index is 10.1. The largest absolute Gasteiger partial charge is 0.360 e. The lowest BCUT2D eigenvalue weighted by Gasteiger charge is -2.26. The van der Waals surface area contributed by atoms with Crippen LogP contribution in [-0.2, 0) is 4.84 Å². The van der Waals surface area contributed by atoms with Crippen LogP contribution in [0.2, 0.25) is 0 Å². The van der Waals surface area contributed by atoms with E-state index in [-0.39, 0.29) is 5.92 Å². The van der Waals surface area contributed by atoms with Crippen molar-refractivity contribution >= 4 is 5.71 Å². The number of oxime groups is 1. The van der Waals surface area contributed by atoms with Crippen LogP contribution in [0.25, 0.3) is 0 Å². The van der Waals surface area contributed by atoms with Crippen LogP contribution < -0.4 is 0 Å². The first kappa shape index (κ1) is 7.80. The van der Waals surface area contributed by atoms with Gasteiger partial charge in [-0.3, -0.25) is 0 Å². The fraction of sp³-hybridized carbons (Fsp3) is 0.900. The Morgan fingerprint density at radius 3 is 2.92 bits per heavy atom. The Morgan fingerprint density at radius 1 is 1.54 bits per heavy atom. The van der Waals surface area contributed by atoms with E-state index in [9.17, 15) is 5.11 Å². The average Bonchev–Trinajstić information content (AvgIpc) is 2.44. The lowest BCUT2D eigenvalue weighted by atomic mass is 9.86. The molecule has 0 aromatic carbocycles. The van der Waals surface area contributed by atoms with Crippen molar-refractivity contribution in [1.82, 2.24) is 0 Å². The molecule has 1 aliphatic heterocycles. The molecule has 0 amide bonds. The quantitative estimate of drug-likeness (QED) is 0.613. The van der Waals surface area contributed by atoms with Gasteiger partial charge in [0.25, 0.3) is 0 Å². The summed E-state index contributed by atoms with van der Waals surface area (Å²) in [5, 5.41) is 14.0. The smallest absolute Gasteiger partial charge is 0.243 e. The topological polar surface area (TPSA) is 41.8 Å². The van der Waals surface area contributed by atoms with E-state index in [0.717, 1.165) is 12.1 Å². The number of nitrogens with zero attached hydrogens (tertiary/aromatic N) is 1. The van der Waals surface area contributed by atoms with Crippen LogP contribution >= 0.6 is 0 Å². The van der Waals surface area contributed by atoms with Crippen molar-refractivity contribution in [3.63, 3.8) is 0 Å². The van der Waals surface area contributed by atoms with Gasteiger partial charge in [-0.25, -0.2) is 0 Å². The summed E-state index contributed by atoms with van der Waals surface area (Å²) in [5.41, 5.74) is 1.36. The monoisotopic (exact) mass is 181 g/mol. The van der Waals surface area contributed by atoms with Crippen LogP contribution in [-0.4, -0.2) is 16.6 Å². The predicted octanol–water partition coefficient (Wildman–Crippen LogP) is 1.37. The molecule has 13 heavy (non-hydrogen) atoms. The molecule has 0 saturated heterocycles. The molecule has 0 aromatic rings. The van der Waals surface area contributed by atoms with E-state index in [1.165, 1.54) is 0 Å². The van der Waals surface area contributed by atoms with Crippen LogP contribution in [0.5, 0.6) is 0 Å². The molecule has 3 rings (SSSR count). The molecule has 4 unspecified atom stereocenters. The highest BCUT2D eigenvalue weighted by Crippen LogP contribution is 2.72. The zero-order chi connectivity index (χ0) is 9.43. The van der Waals surface area contributed by atoms with Crippen molar-refractivity contribution in [1.29, 1.82) is 0 Å². The fourth-order valence-electron chi connectivity index (χ4n) is 3.45. The fourth-order valence-corrected chi connectivity index (χ4v) is 3.45. The lowest BCUT2D eigenvalue weighted by molar-refractivity contribution is -0.208. The summed E-state index contributed by atoms with van der Waals surface area (Å²) in [4.78, 5) is 5.11. The van der Waals surface area contributed by atoms with Crippen molar-refractivity contribution in [2.75, 3.05) is 0 Å². The molecule has 3 nitrogen and oxygen atoms in total. The number of hydrogen-bond acceptors (Lipinski definition) is 3. The predicted molar refractivity (Wildman–Crippen MR) is 48.0 cm³/mol. The summed E-state index contributed by atoms with van der Waals surface area (Å²) in [6, 6.07) is 0. The highest BCUT2D eigenvalue weighted by Gasteiger charge is 2.75. The van der Waals surface area contributed by atoms with Crippen molar-refractivity contribution in [3.05, 3.63) is 0 Å². The van der Waals surface area contributed by atoms with E-state index >= 15 is 0 Å². The molecule has 0 aromatic heterocycles. The Kier molecular flexibility index (Phi) is 1.07. The highest BCUT2D eigenvalue weighted by molar-refractivity contribution is 5.87. The van der Waals surface area contributed by atoms with Crippen LogP contribution in [0.3, 0.4) is 0 Å². The van der Waals surface area contributed by atoms with Crippen LogP contribution in [0.4, 0.5) is 0 Å². The van der Waals surface area contributed by atoms with Crippen molar-refractivity contribution in [2.45, 2.75) is 33.0 Å². The third-order valence-electron chi connectivity index (χ3n) is 4.29. The lowest BCUT2D eigenvalue weighted by Crippen LogP contribution is -2.38. The second-order valence-electron chi connectivity index (χ2n) is 5.30. The standard InChI is InChI=1S/C10H15NO2/c1-5-7-8-6(9(8,2)3)4-10(7,12)13-11-5/h6-8,12H,4H2,1-3H3. The first-order valence-corrected chi connectivity index (χ1v) is 4.92. The molecule has 3 aliphatic rings. The maximum absolute atomic E-state index is 10.1. The van der Waals surface area contributed by atoms with Gasteiger partial charge in [-0.15, -0.1) is 0 Å². The molecular weight excluding hydrogens is 166 g/mol. The van der Waals surface area contributed by atoms with Crippen molar-refractivity contribution in [3.8, 4) is 0 Å². The van der Waals surface area contributed by atoms with Gasteiger partial charge in [-0.1, -0.05) is 19.0 Å². The van der Waals surface area contributed by atoms with E-state index in [4.69, 9.17) is 4.84 Å². The van der Waals surface area contributed by atoms with Gasteiger partial charge in [0.1, 0.15) is 0 Å². The Balaban J connectivity index is 1.98. The van der Waals surface area contributed by atoms with Gasteiger partial charge >= 0.3 is 0 Å². The van der Waals surface area contributed by atoms with Gasteiger partial charge in [0.15, 0.2) is 0 Å². The summed E-state index contributed by atoms with van der Waals surface area (Å²) in [6.07, 6.45) is 0.760. The number of fused-ring (bicyclic) bond motifs is 3. The Hall–Kier alpha value is -0.570. The van der Waals surface area contributed by atoms with Crippen molar-refractivity contribution in [2.24, 2.45) is 28.3 Å². The van der Waals surface area contributed by atoms with E-state index in [0.29, 0.717) is 17.3 Å². The average molecular weight is 181 g/mol. The summed E-state index contributed by atoms with van der Waals surface area (Å²) in [5.74, 6) is 0.429. The summed E-state index contributed by atoms with van der Waals surface area (Å²) in [6.45, 7) is 6.50. The zero-order valence-electron chi connectivity index (χ0n) is 8.24. The second kappa shape index (κ2) is 1.78. The third-order valence-corrected chi connectivity index (χ3v) is 4.29. The van der Waals surface area contributed by atoms with Gasteiger partial charge in [-0.2, -0.15) is 0 Å². The second-order valence-corrected chi connectivity index (χ2v) is 5.30. The Bertz CT molecular complexity index is 310. The van der Waals surface area contributed by atoms with Gasteiger partial charge in [-0.05, 0) is 24.2 Å². The summed E-state index contributed by atoms with van der Waals surface area (Å²) < 4.78 is 0. The van der Waals surface area contributed by atoms with Crippen LogP contribution in [0, 0.1) is 23.2 Å². The molecule has 0 spiro atoms. The van der Waals surface area contributed by atoms with E-state index in [1.807, 2.05) is 6.92 Å². The summed E-state index contributed by atoms with van der Waals surface area (Å²) >= 11 is 0. The van der Waals surface area contributed by atoms with Crippen LogP contribution in [0.15, 0.2) is 5.16 Å². The molecule has 3 heteroatoms. The van der Waals surface area contributed by atoms with E-state index in [1.54, 1.807) is 0 Å². The molecule has 4 atom stereocenters. The minimum atomic E-state index is -0.949. The third kappa shape index (κ3) is 0.688. The molecule has 0 radical (unpaired) electrons. The maximum Gasteiger partial charge on any atom is 0.243 e. The molecule has 1 N–H and O–H groups in total. The highest BCUT2D eigenvalue weighted by atomic mass is 16.7. The summed E-state index contributed by atoms with van der Waals surface area (Å²) in [7, 11) is 0. The first-order chi connectivity index (χ1) is 5.97. The Morgan fingerprint density at radius 2 is 2.23 bits per heavy atom. The van der Waals surface area contributed by atoms with Crippen molar-refractivity contribution < 1.29 is 9.94 Å². The zero-order valence-corrected chi connectivity index (χ0v) is 8.24. The molecule has 2 saturated carbocycles. The molecule has 1 heterocycles. The number of aliphatic hydroxyl groups is 1. The van der Waals surface area contributed by atoms with Gasteiger partial charge in [0, 0.05) is 6.42 Å². The number of rotatable bonds is 0. The molecule has 72 valence electrons. The van der Waals surface area contributed by atoms with Crippen LogP contribution in [0.1, 0.15) is 27.2 Å². The normalized spacial score (nSPS) is 55.1. The minimum absolute atomic E-state index is 0.160. The van der Waals surface area contributed by atoms with E-state index < -0.39 is 5.79 Å². The van der Waals surface area contributed by atoms with Gasteiger partial charge < -0.3 is 9.94 Å². The number of hydrogen-bond donors (Lipinski definition) is 1. The first-order valence-electron chi connectivity index (χ1n) is 4.92. The minimum Gasteiger partial charge on any atom is -0.360 e. The molecule has 2 fully saturated rings. The van der Waals surface area contributed by atoms with Gasteiger partial charge in [0.2, 0.25) is 5.79 Å². The molecule has 0 bridgehead atoms.